The van der Waals surface area contributed by atoms with Gasteiger partial charge in [0.1, 0.15) is 0 Å². The van der Waals surface area contributed by atoms with Crippen molar-refractivity contribution < 1.29 is 4.79 Å². The number of aromatic nitrogens is 1. The summed E-state index contributed by atoms with van der Waals surface area (Å²) in [7, 11) is 0. The maximum atomic E-state index is 11.6. The Morgan fingerprint density at radius 1 is 1.27 bits per heavy atom. The molecular formula is C12H18N2O. The molecule has 0 aliphatic carbocycles. The molecule has 82 valence electrons. The van der Waals surface area contributed by atoms with E-state index in [1.54, 1.807) is 18.5 Å². The monoisotopic (exact) mass is 206 g/mol. The van der Waals surface area contributed by atoms with Gasteiger partial charge in [0.05, 0.1) is 0 Å². The Hall–Kier alpha value is -1.22. The molecule has 1 aromatic rings. The third-order valence-electron chi connectivity index (χ3n) is 2.34. The molecule has 1 heterocycles. The topological polar surface area (TPSA) is 56.0 Å². The molecule has 0 aromatic carbocycles. The van der Waals surface area contributed by atoms with Crippen LogP contribution in [-0.2, 0) is 0 Å². The lowest BCUT2D eigenvalue weighted by atomic mass is 10.1. The molecule has 0 aliphatic heterocycles. The fourth-order valence-corrected chi connectivity index (χ4v) is 1.46. The minimum Gasteiger partial charge on any atom is -0.330 e. The van der Waals surface area contributed by atoms with Crippen molar-refractivity contribution in [1.82, 2.24) is 4.98 Å². The van der Waals surface area contributed by atoms with Gasteiger partial charge >= 0.3 is 0 Å². The highest BCUT2D eigenvalue weighted by atomic mass is 16.1. The summed E-state index contributed by atoms with van der Waals surface area (Å²) in [4.78, 5) is 15.5. The van der Waals surface area contributed by atoms with E-state index < -0.39 is 0 Å². The van der Waals surface area contributed by atoms with Crippen molar-refractivity contribution in [2.24, 2.45) is 5.73 Å². The number of carbonyl (C=O) groups excluding carboxylic acids is 1. The quantitative estimate of drug-likeness (QED) is 0.549. The Bertz CT molecular complexity index is 285. The zero-order valence-electron chi connectivity index (χ0n) is 8.98. The van der Waals surface area contributed by atoms with Crippen LogP contribution in [0.1, 0.15) is 42.5 Å². The second kappa shape index (κ2) is 7.12. The van der Waals surface area contributed by atoms with Gasteiger partial charge in [-0.3, -0.25) is 9.78 Å². The summed E-state index contributed by atoms with van der Waals surface area (Å²) < 4.78 is 0. The van der Waals surface area contributed by atoms with Crippen LogP contribution in [0, 0.1) is 0 Å². The van der Waals surface area contributed by atoms with Crippen LogP contribution >= 0.6 is 0 Å². The first-order chi connectivity index (χ1) is 7.34. The van der Waals surface area contributed by atoms with E-state index in [0.29, 0.717) is 6.42 Å². The van der Waals surface area contributed by atoms with Gasteiger partial charge in [-0.25, -0.2) is 0 Å². The van der Waals surface area contributed by atoms with Crippen LogP contribution in [0.4, 0.5) is 0 Å². The van der Waals surface area contributed by atoms with Gasteiger partial charge in [0.2, 0.25) is 0 Å². The van der Waals surface area contributed by atoms with Gasteiger partial charge in [-0.1, -0.05) is 12.8 Å². The lowest BCUT2D eigenvalue weighted by molar-refractivity contribution is 0.0979. The number of unbranched alkanes of at least 4 members (excludes halogenated alkanes) is 3. The lowest BCUT2D eigenvalue weighted by Gasteiger charge is -2.00. The van der Waals surface area contributed by atoms with Gasteiger partial charge in [-0.2, -0.15) is 0 Å². The van der Waals surface area contributed by atoms with E-state index in [9.17, 15) is 4.79 Å². The molecule has 0 fully saturated rings. The van der Waals surface area contributed by atoms with E-state index in [-0.39, 0.29) is 5.78 Å². The van der Waals surface area contributed by atoms with Crippen LogP contribution in [0.5, 0.6) is 0 Å². The number of carbonyl (C=O) groups is 1. The largest absolute Gasteiger partial charge is 0.330 e. The molecule has 0 aliphatic rings. The molecule has 1 aromatic heterocycles. The number of pyridine rings is 1. The second-order valence-electron chi connectivity index (χ2n) is 3.62. The maximum absolute atomic E-state index is 11.6. The minimum atomic E-state index is 0.191. The molecule has 0 unspecified atom stereocenters. The number of ketones is 1. The molecule has 0 bridgehead atoms. The van der Waals surface area contributed by atoms with Gasteiger partial charge in [0, 0.05) is 24.4 Å². The standard InChI is InChI=1S/C12H18N2O/c13-8-4-2-1-3-7-12(15)11-6-5-9-14-10-11/h5-6,9-10H,1-4,7-8,13H2. The molecular weight excluding hydrogens is 188 g/mol. The highest BCUT2D eigenvalue weighted by molar-refractivity contribution is 5.95. The highest BCUT2D eigenvalue weighted by Gasteiger charge is 2.04. The number of nitrogens with zero attached hydrogens (tertiary/aromatic N) is 1. The first-order valence-corrected chi connectivity index (χ1v) is 5.48. The van der Waals surface area contributed by atoms with Gasteiger partial charge < -0.3 is 5.73 Å². The molecule has 3 heteroatoms. The molecule has 0 radical (unpaired) electrons. The fourth-order valence-electron chi connectivity index (χ4n) is 1.46. The third-order valence-corrected chi connectivity index (χ3v) is 2.34. The average molecular weight is 206 g/mol. The number of rotatable bonds is 7. The van der Waals surface area contributed by atoms with Crippen LogP contribution in [0.15, 0.2) is 24.5 Å². The Morgan fingerprint density at radius 3 is 2.73 bits per heavy atom. The molecule has 15 heavy (non-hydrogen) atoms. The van der Waals surface area contributed by atoms with Crippen LogP contribution in [0.3, 0.4) is 0 Å². The fraction of sp³-hybridized carbons (Fsp3) is 0.500. The van der Waals surface area contributed by atoms with Crippen molar-refractivity contribution in [1.29, 1.82) is 0 Å². The number of hydrogen-bond donors (Lipinski definition) is 1. The lowest BCUT2D eigenvalue weighted by Crippen LogP contribution is -2.00. The van der Waals surface area contributed by atoms with Crippen molar-refractivity contribution in [2.75, 3.05) is 6.54 Å². The molecule has 1 rings (SSSR count). The second-order valence-corrected chi connectivity index (χ2v) is 3.62. The normalized spacial score (nSPS) is 10.2. The third kappa shape index (κ3) is 4.70. The molecule has 0 saturated carbocycles. The van der Waals surface area contributed by atoms with E-state index in [4.69, 9.17) is 5.73 Å². The van der Waals surface area contributed by atoms with Crippen molar-refractivity contribution in [2.45, 2.75) is 32.1 Å². The predicted molar refractivity (Wildman–Crippen MR) is 60.7 cm³/mol. The Kier molecular flexibility index (Phi) is 5.63. The van der Waals surface area contributed by atoms with E-state index in [1.165, 1.54) is 0 Å². The number of nitrogens with two attached hydrogens (primary N) is 1. The zero-order chi connectivity index (χ0) is 10.9. The first-order valence-electron chi connectivity index (χ1n) is 5.48. The molecule has 0 amide bonds. The van der Waals surface area contributed by atoms with Gasteiger partial charge in [-0.15, -0.1) is 0 Å². The van der Waals surface area contributed by atoms with Crippen molar-refractivity contribution in [3.05, 3.63) is 30.1 Å². The van der Waals surface area contributed by atoms with Crippen LogP contribution in [0.25, 0.3) is 0 Å². The summed E-state index contributed by atoms with van der Waals surface area (Å²) in [5.74, 6) is 0.191. The maximum Gasteiger partial charge on any atom is 0.164 e. The Balaban J connectivity index is 2.20. The molecule has 0 atom stereocenters. The number of Topliss-reactive ketones (excluding diaryl/α,β-unsaturated/α-hetero) is 1. The summed E-state index contributed by atoms with van der Waals surface area (Å²) in [5.41, 5.74) is 6.11. The van der Waals surface area contributed by atoms with E-state index >= 15 is 0 Å². The van der Waals surface area contributed by atoms with Crippen molar-refractivity contribution in [3.8, 4) is 0 Å². The van der Waals surface area contributed by atoms with Crippen LogP contribution < -0.4 is 5.73 Å². The molecule has 3 nitrogen and oxygen atoms in total. The summed E-state index contributed by atoms with van der Waals surface area (Å²) in [6, 6.07) is 3.61. The summed E-state index contributed by atoms with van der Waals surface area (Å²) in [6.45, 7) is 0.747. The number of hydrogen-bond acceptors (Lipinski definition) is 3. The van der Waals surface area contributed by atoms with Crippen molar-refractivity contribution >= 4 is 5.78 Å². The Labute approximate surface area is 90.7 Å². The molecule has 0 saturated heterocycles. The van der Waals surface area contributed by atoms with E-state index in [2.05, 4.69) is 4.98 Å². The Morgan fingerprint density at radius 2 is 2.07 bits per heavy atom. The smallest absolute Gasteiger partial charge is 0.164 e. The molecule has 0 spiro atoms. The van der Waals surface area contributed by atoms with Crippen LogP contribution in [0.2, 0.25) is 0 Å². The summed E-state index contributed by atoms with van der Waals surface area (Å²) >= 11 is 0. The zero-order valence-corrected chi connectivity index (χ0v) is 8.98. The van der Waals surface area contributed by atoms with Gasteiger partial charge in [-0.05, 0) is 31.5 Å². The first kappa shape index (κ1) is 11.9. The van der Waals surface area contributed by atoms with Crippen LogP contribution in [-0.4, -0.2) is 17.3 Å². The highest BCUT2D eigenvalue weighted by Crippen LogP contribution is 2.07. The summed E-state index contributed by atoms with van der Waals surface area (Å²) in [5, 5.41) is 0. The SMILES string of the molecule is NCCCCCCC(=O)c1cccnc1. The predicted octanol–water partition coefficient (Wildman–Crippen LogP) is 2.17. The average Bonchev–Trinajstić information content (AvgIpc) is 2.30. The van der Waals surface area contributed by atoms with Crippen molar-refractivity contribution in [3.63, 3.8) is 0 Å². The molecule has 2 N–H and O–H groups in total. The van der Waals surface area contributed by atoms with E-state index in [0.717, 1.165) is 37.8 Å². The van der Waals surface area contributed by atoms with Gasteiger partial charge in [0.25, 0.3) is 0 Å². The van der Waals surface area contributed by atoms with Gasteiger partial charge in [0.15, 0.2) is 5.78 Å². The summed E-state index contributed by atoms with van der Waals surface area (Å²) in [6.07, 6.45) is 8.14. The van der Waals surface area contributed by atoms with E-state index in [1.807, 2.05) is 6.07 Å². The minimum absolute atomic E-state index is 0.191.